The highest BCUT2D eigenvalue weighted by Crippen LogP contribution is 2.28. The monoisotopic (exact) mass is 339 g/mol. The summed E-state index contributed by atoms with van der Waals surface area (Å²) in [6.45, 7) is 0.958. The molecular formula is C14H15BrFN3O. The summed E-state index contributed by atoms with van der Waals surface area (Å²) in [6, 6.07) is 5.13. The van der Waals surface area contributed by atoms with Gasteiger partial charge in [-0.2, -0.15) is 4.98 Å². The molecule has 0 saturated carbocycles. The summed E-state index contributed by atoms with van der Waals surface area (Å²) >= 11 is 3.16. The van der Waals surface area contributed by atoms with Crippen molar-refractivity contribution in [3.63, 3.8) is 0 Å². The first-order valence-electron chi connectivity index (χ1n) is 6.77. The van der Waals surface area contributed by atoms with E-state index in [4.69, 9.17) is 4.52 Å². The van der Waals surface area contributed by atoms with Crippen LogP contribution in [-0.2, 0) is 0 Å². The summed E-state index contributed by atoms with van der Waals surface area (Å²) in [4.78, 5) is 4.35. The zero-order valence-corrected chi connectivity index (χ0v) is 12.5. The van der Waals surface area contributed by atoms with E-state index in [-0.39, 0.29) is 17.7 Å². The van der Waals surface area contributed by atoms with Crippen molar-refractivity contribution in [1.29, 1.82) is 0 Å². The third-order valence-electron chi connectivity index (χ3n) is 3.50. The maximum absolute atomic E-state index is 14.0. The molecule has 1 aromatic heterocycles. The molecule has 106 valence electrons. The van der Waals surface area contributed by atoms with E-state index in [1.807, 2.05) is 0 Å². The highest BCUT2D eigenvalue weighted by atomic mass is 79.9. The van der Waals surface area contributed by atoms with Gasteiger partial charge in [-0.15, -0.1) is 0 Å². The number of rotatable bonds is 2. The van der Waals surface area contributed by atoms with Crippen LogP contribution in [-0.4, -0.2) is 16.7 Å². The predicted octanol–water partition coefficient (Wildman–Crippen LogP) is 3.84. The number of nitrogens with one attached hydrogen (secondary N) is 1. The summed E-state index contributed by atoms with van der Waals surface area (Å²) in [5, 5.41) is 7.40. The minimum Gasteiger partial charge on any atom is -0.334 e. The average molecular weight is 340 g/mol. The molecule has 0 amide bonds. The Labute approximate surface area is 124 Å². The Balaban J connectivity index is 1.87. The largest absolute Gasteiger partial charge is 0.334 e. The Kier molecular flexibility index (Phi) is 4.12. The minimum absolute atomic E-state index is 0.102. The number of benzene rings is 1. The predicted molar refractivity (Wildman–Crippen MR) is 76.6 cm³/mol. The van der Waals surface area contributed by atoms with Crippen molar-refractivity contribution in [1.82, 2.24) is 15.5 Å². The third kappa shape index (κ3) is 2.76. The van der Waals surface area contributed by atoms with Crippen molar-refractivity contribution in [3.8, 4) is 11.5 Å². The molecule has 1 aliphatic heterocycles. The first kappa shape index (κ1) is 13.7. The van der Waals surface area contributed by atoms with Crippen molar-refractivity contribution < 1.29 is 8.91 Å². The lowest BCUT2D eigenvalue weighted by Crippen LogP contribution is -2.21. The lowest BCUT2D eigenvalue weighted by atomic mass is 10.1. The third-order valence-corrected chi connectivity index (χ3v) is 4.11. The van der Waals surface area contributed by atoms with E-state index in [0.717, 1.165) is 19.4 Å². The van der Waals surface area contributed by atoms with Gasteiger partial charge in [0, 0.05) is 0 Å². The van der Waals surface area contributed by atoms with Crippen LogP contribution in [0.1, 0.15) is 37.5 Å². The van der Waals surface area contributed by atoms with Crippen LogP contribution in [0.25, 0.3) is 11.5 Å². The molecule has 3 rings (SSSR count). The lowest BCUT2D eigenvalue weighted by molar-refractivity contribution is 0.401. The summed E-state index contributed by atoms with van der Waals surface area (Å²) in [6.07, 6.45) is 4.52. The van der Waals surface area contributed by atoms with Crippen LogP contribution in [0.15, 0.2) is 27.2 Å². The Morgan fingerprint density at radius 2 is 2.20 bits per heavy atom. The fourth-order valence-electron chi connectivity index (χ4n) is 2.40. The van der Waals surface area contributed by atoms with Crippen LogP contribution in [0.3, 0.4) is 0 Å². The molecule has 1 aromatic carbocycles. The van der Waals surface area contributed by atoms with Crippen LogP contribution in [0.5, 0.6) is 0 Å². The molecule has 4 nitrogen and oxygen atoms in total. The maximum Gasteiger partial charge on any atom is 0.260 e. The lowest BCUT2D eigenvalue weighted by Gasteiger charge is -2.09. The number of hydrogen-bond acceptors (Lipinski definition) is 4. The summed E-state index contributed by atoms with van der Waals surface area (Å²) in [7, 11) is 0. The molecule has 6 heteroatoms. The van der Waals surface area contributed by atoms with Gasteiger partial charge in [-0.25, -0.2) is 4.39 Å². The Morgan fingerprint density at radius 3 is 3.10 bits per heavy atom. The molecule has 1 atom stereocenters. The fourth-order valence-corrected chi connectivity index (χ4v) is 2.77. The van der Waals surface area contributed by atoms with E-state index in [1.165, 1.54) is 12.8 Å². The van der Waals surface area contributed by atoms with Gasteiger partial charge in [-0.05, 0) is 47.4 Å². The van der Waals surface area contributed by atoms with Crippen LogP contribution in [0, 0.1) is 5.82 Å². The summed E-state index contributed by atoms with van der Waals surface area (Å²) in [5.41, 5.74) is 0.326. The average Bonchev–Trinajstić information content (AvgIpc) is 2.77. The van der Waals surface area contributed by atoms with Gasteiger partial charge in [-0.3, -0.25) is 0 Å². The SMILES string of the molecule is Fc1c(Br)cccc1-c1nc(C2CCCCCN2)no1. The van der Waals surface area contributed by atoms with Crippen LogP contribution >= 0.6 is 15.9 Å². The molecule has 0 aliphatic carbocycles. The second-order valence-corrected chi connectivity index (χ2v) is 5.77. The molecule has 1 aliphatic rings. The molecule has 1 saturated heterocycles. The molecule has 20 heavy (non-hydrogen) atoms. The number of aromatic nitrogens is 2. The smallest absolute Gasteiger partial charge is 0.260 e. The van der Waals surface area contributed by atoms with Gasteiger partial charge in [0.25, 0.3) is 5.89 Å². The highest BCUT2D eigenvalue weighted by Gasteiger charge is 2.21. The van der Waals surface area contributed by atoms with Gasteiger partial charge < -0.3 is 9.84 Å². The highest BCUT2D eigenvalue weighted by molar-refractivity contribution is 9.10. The second-order valence-electron chi connectivity index (χ2n) is 4.92. The molecule has 1 fully saturated rings. The Morgan fingerprint density at radius 1 is 1.30 bits per heavy atom. The van der Waals surface area contributed by atoms with Crippen molar-refractivity contribution >= 4 is 15.9 Å². The van der Waals surface area contributed by atoms with Crippen molar-refractivity contribution in [3.05, 3.63) is 34.3 Å². The molecule has 0 spiro atoms. The second kappa shape index (κ2) is 6.01. The molecule has 1 unspecified atom stereocenters. The van der Waals surface area contributed by atoms with Crippen molar-refractivity contribution in [2.24, 2.45) is 0 Å². The van der Waals surface area contributed by atoms with Crippen molar-refractivity contribution in [2.75, 3.05) is 6.54 Å². The zero-order valence-electron chi connectivity index (χ0n) is 10.9. The topological polar surface area (TPSA) is 51.0 Å². The van der Waals surface area contributed by atoms with Gasteiger partial charge >= 0.3 is 0 Å². The first-order valence-corrected chi connectivity index (χ1v) is 7.56. The van der Waals surface area contributed by atoms with E-state index in [1.54, 1.807) is 18.2 Å². The minimum atomic E-state index is -0.378. The molecule has 2 heterocycles. The molecule has 1 N–H and O–H groups in total. The fraction of sp³-hybridized carbons (Fsp3) is 0.429. The van der Waals surface area contributed by atoms with E-state index >= 15 is 0 Å². The Bertz CT molecular complexity index is 594. The van der Waals surface area contributed by atoms with Gasteiger partial charge in [0.2, 0.25) is 0 Å². The zero-order chi connectivity index (χ0) is 13.9. The van der Waals surface area contributed by atoms with E-state index < -0.39 is 0 Å². The molecule has 0 bridgehead atoms. The normalized spacial score (nSPS) is 19.8. The quantitative estimate of drug-likeness (QED) is 0.902. The number of hydrogen-bond donors (Lipinski definition) is 1. The number of nitrogens with zero attached hydrogens (tertiary/aromatic N) is 2. The van der Waals surface area contributed by atoms with Gasteiger partial charge in [0.05, 0.1) is 16.1 Å². The molecule has 2 aromatic rings. The molecule has 0 radical (unpaired) electrons. The Hall–Kier alpha value is -1.27. The van der Waals surface area contributed by atoms with E-state index in [0.29, 0.717) is 15.9 Å². The van der Waals surface area contributed by atoms with Crippen LogP contribution in [0.2, 0.25) is 0 Å². The van der Waals surface area contributed by atoms with Gasteiger partial charge in [0.15, 0.2) is 5.82 Å². The standard InChI is InChI=1S/C14H15BrFN3O/c15-10-6-4-5-9(12(10)16)14-18-13(19-20-14)11-7-2-1-3-8-17-11/h4-6,11,17H,1-3,7-8H2. The maximum atomic E-state index is 14.0. The van der Waals surface area contributed by atoms with Crippen LogP contribution in [0.4, 0.5) is 4.39 Å². The first-order chi connectivity index (χ1) is 9.75. The summed E-state index contributed by atoms with van der Waals surface area (Å²) < 4.78 is 19.6. The van der Waals surface area contributed by atoms with Crippen LogP contribution < -0.4 is 5.32 Å². The van der Waals surface area contributed by atoms with E-state index in [2.05, 4.69) is 31.4 Å². The van der Waals surface area contributed by atoms with E-state index in [9.17, 15) is 4.39 Å². The van der Waals surface area contributed by atoms with Gasteiger partial charge in [-0.1, -0.05) is 24.1 Å². The van der Waals surface area contributed by atoms with Crippen molar-refractivity contribution in [2.45, 2.75) is 31.7 Å². The summed E-state index contributed by atoms with van der Waals surface area (Å²) in [5.74, 6) is 0.461. The molecular weight excluding hydrogens is 325 g/mol. The van der Waals surface area contributed by atoms with Gasteiger partial charge in [0.1, 0.15) is 5.82 Å². The number of halogens is 2.